The van der Waals surface area contributed by atoms with Crippen LogP contribution in [0.3, 0.4) is 0 Å². The number of benzene rings is 1. The van der Waals surface area contributed by atoms with E-state index in [1.165, 1.54) is 38.0 Å². The monoisotopic (exact) mass is 488 g/mol. The van der Waals surface area contributed by atoms with Gasteiger partial charge in [-0.1, -0.05) is 32.0 Å². The van der Waals surface area contributed by atoms with E-state index in [9.17, 15) is 0 Å². The second kappa shape index (κ2) is 13.2. The number of methoxy groups -OCH3 is 1. The van der Waals surface area contributed by atoms with Crippen LogP contribution in [-0.4, -0.2) is 57.7 Å². The Labute approximate surface area is 182 Å². The third-order valence-corrected chi connectivity index (χ3v) is 4.89. The van der Waals surface area contributed by atoms with Crippen molar-refractivity contribution in [2.24, 2.45) is 16.8 Å². The molecule has 154 valence electrons. The van der Waals surface area contributed by atoms with Crippen LogP contribution in [0.25, 0.3) is 0 Å². The van der Waals surface area contributed by atoms with Gasteiger partial charge in [-0.15, -0.1) is 24.0 Å². The van der Waals surface area contributed by atoms with E-state index < -0.39 is 0 Å². The molecule has 0 spiro atoms. The number of piperidine rings is 1. The van der Waals surface area contributed by atoms with Gasteiger partial charge in [-0.3, -0.25) is 4.99 Å². The normalized spacial score (nSPS) is 18.1. The van der Waals surface area contributed by atoms with Gasteiger partial charge >= 0.3 is 0 Å². The molecule has 1 aliphatic rings. The van der Waals surface area contributed by atoms with Crippen molar-refractivity contribution in [3.05, 3.63) is 29.8 Å². The summed E-state index contributed by atoms with van der Waals surface area (Å²) in [6, 6.07) is 8.18. The minimum atomic E-state index is 0. The Balaban J connectivity index is 0.00000364. The molecule has 1 fully saturated rings. The molecule has 1 heterocycles. The summed E-state index contributed by atoms with van der Waals surface area (Å²) < 4.78 is 5.42. The SMILES string of the molecule is CN=C(NCCc1ccccc1OC)NCC1CCCN(CC(C)C)C1.I. The maximum atomic E-state index is 5.42. The fourth-order valence-electron chi connectivity index (χ4n) is 3.69. The number of nitrogens with zero attached hydrogens (tertiary/aromatic N) is 2. The molecule has 0 saturated carbocycles. The largest absolute Gasteiger partial charge is 0.496 e. The van der Waals surface area contributed by atoms with E-state index >= 15 is 0 Å². The van der Waals surface area contributed by atoms with Crippen molar-refractivity contribution in [1.82, 2.24) is 15.5 Å². The number of hydrogen-bond acceptors (Lipinski definition) is 3. The lowest BCUT2D eigenvalue weighted by Crippen LogP contribution is -2.45. The molecule has 5 nitrogen and oxygen atoms in total. The zero-order valence-electron chi connectivity index (χ0n) is 17.3. The van der Waals surface area contributed by atoms with Gasteiger partial charge in [0.1, 0.15) is 5.75 Å². The van der Waals surface area contributed by atoms with Gasteiger partial charge in [-0.2, -0.15) is 0 Å². The average molecular weight is 488 g/mol. The molecule has 0 radical (unpaired) electrons. The van der Waals surface area contributed by atoms with E-state index in [1.807, 2.05) is 19.2 Å². The van der Waals surface area contributed by atoms with Gasteiger partial charge in [0.15, 0.2) is 5.96 Å². The molecular weight excluding hydrogens is 451 g/mol. The van der Waals surface area contributed by atoms with E-state index in [1.54, 1.807) is 7.11 Å². The lowest BCUT2D eigenvalue weighted by atomic mass is 9.97. The summed E-state index contributed by atoms with van der Waals surface area (Å²) in [4.78, 5) is 6.97. The Morgan fingerprint density at radius 2 is 2.07 bits per heavy atom. The van der Waals surface area contributed by atoms with E-state index in [-0.39, 0.29) is 24.0 Å². The summed E-state index contributed by atoms with van der Waals surface area (Å²) in [6.07, 6.45) is 3.52. The Hall–Kier alpha value is -1.02. The number of nitrogens with one attached hydrogen (secondary N) is 2. The zero-order chi connectivity index (χ0) is 18.8. The summed E-state index contributed by atoms with van der Waals surface area (Å²) in [5.74, 6) is 3.28. The molecule has 27 heavy (non-hydrogen) atoms. The van der Waals surface area contributed by atoms with Gasteiger partial charge in [0.2, 0.25) is 0 Å². The third kappa shape index (κ3) is 8.68. The molecule has 0 bridgehead atoms. The van der Waals surface area contributed by atoms with Gasteiger partial charge in [0, 0.05) is 33.2 Å². The molecule has 1 saturated heterocycles. The number of halogens is 1. The second-order valence-corrected chi connectivity index (χ2v) is 7.60. The highest BCUT2D eigenvalue weighted by atomic mass is 127. The van der Waals surface area contributed by atoms with Crippen molar-refractivity contribution in [1.29, 1.82) is 0 Å². The van der Waals surface area contributed by atoms with Crippen LogP contribution in [0.1, 0.15) is 32.3 Å². The fourth-order valence-corrected chi connectivity index (χ4v) is 3.69. The van der Waals surface area contributed by atoms with E-state index in [4.69, 9.17) is 4.74 Å². The van der Waals surface area contributed by atoms with Gasteiger partial charge in [-0.05, 0) is 49.3 Å². The van der Waals surface area contributed by atoms with Crippen molar-refractivity contribution in [3.8, 4) is 5.75 Å². The second-order valence-electron chi connectivity index (χ2n) is 7.60. The molecule has 0 amide bonds. The van der Waals surface area contributed by atoms with Crippen LogP contribution < -0.4 is 15.4 Å². The fraction of sp³-hybridized carbons (Fsp3) is 0.667. The molecule has 1 atom stereocenters. The van der Waals surface area contributed by atoms with Crippen LogP contribution in [0, 0.1) is 11.8 Å². The molecular formula is C21H37IN4O. The Bertz CT molecular complexity index is 565. The van der Waals surface area contributed by atoms with Crippen LogP contribution in [0.15, 0.2) is 29.3 Å². The number of aliphatic imine (C=N–C) groups is 1. The first-order chi connectivity index (χ1) is 12.6. The molecule has 6 heteroatoms. The van der Waals surface area contributed by atoms with E-state index in [2.05, 4.69) is 46.5 Å². The summed E-state index contributed by atoms with van der Waals surface area (Å²) in [6.45, 7) is 10.1. The number of ether oxygens (including phenoxy) is 1. The molecule has 0 aliphatic carbocycles. The highest BCUT2D eigenvalue weighted by Crippen LogP contribution is 2.18. The van der Waals surface area contributed by atoms with Crippen LogP contribution >= 0.6 is 24.0 Å². The highest BCUT2D eigenvalue weighted by molar-refractivity contribution is 14.0. The summed E-state index contributed by atoms with van der Waals surface area (Å²) in [5.41, 5.74) is 1.22. The van der Waals surface area contributed by atoms with E-state index in [0.717, 1.165) is 37.1 Å². The Kier molecular flexibility index (Phi) is 11.7. The minimum absolute atomic E-state index is 0. The molecule has 1 aliphatic heterocycles. The first kappa shape index (κ1) is 24.0. The van der Waals surface area contributed by atoms with Gasteiger partial charge in [0.05, 0.1) is 7.11 Å². The van der Waals surface area contributed by atoms with Crippen LogP contribution in [0.5, 0.6) is 5.75 Å². The first-order valence-corrected chi connectivity index (χ1v) is 9.91. The van der Waals surface area contributed by atoms with Crippen LogP contribution in [-0.2, 0) is 6.42 Å². The molecule has 1 aromatic carbocycles. The molecule has 2 rings (SSSR count). The van der Waals surface area contributed by atoms with Gasteiger partial charge in [0.25, 0.3) is 0 Å². The third-order valence-electron chi connectivity index (χ3n) is 4.89. The molecule has 1 unspecified atom stereocenters. The lowest BCUT2D eigenvalue weighted by molar-refractivity contribution is 0.159. The predicted molar refractivity (Wildman–Crippen MR) is 125 cm³/mol. The van der Waals surface area contributed by atoms with Crippen molar-refractivity contribution >= 4 is 29.9 Å². The highest BCUT2D eigenvalue weighted by Gasteiger charge is 2.20. The quantitative estimate of drug-likeness (QED) is 0.335. The molecule has 1 aromatic rings. The van der Waals surface area contributed by atoms with Gasteiger partial charge in [-0.25, -0.2) is 0 Å². The summed E-state index contributed by atoms with van der Waals surface area (Å²) in [5, 5.41) is 6.93. The molecule has 2 N–H and O–H groups in total. The number of guanidine groups is 1. The summed E-state index contributed by atoms with van der Waals surface area (Å²) in [7, 11) is 3.56. The van der Waals surface area contributed by atoms with Crippen LogP contribution in [0.4, 0.5) is 0 Å². The number of rotatable bonds is 8. The molecule has 0 aromatic heterocycles. The Morgan fingerprint density at radius 3 is 2.78 bits per heavy atom. The standard InChI is InChI=1S/C21H36N4O.HI/c1-17(2)15-25-13-7-8-18(16-25)14-24-21(22-3)23-12-11-19-9-5-6-10-20(19)26-4;/h5-6,9-10,17-18H,7-8,11-16H2,1-4H3,(H2,22,23,24);1H. The smallest absolute Gasteiger partial charge is 0.190 e. The van der Waals surface area contributed by atoms with Crippen molar-refractivity contribution in [3.63, 3.8) is 0 Å². The average Bonchev–Trinajstić information content (AvgIpc) is 2.64. The van der Waals surface area contributed by atoms with Crippen molar-refractivity contribution in [2.45, 2.75) is 33.1 Å². The maximum Gasteiger partial charge on any atom is 0.190 e. The topological polar surface area (TPSA) is 48.9 Å². The van der Waals surface area contributed by atoms with Crippen molar-refractivity contribution in [2.75, 3.05) is 46.9 Å². The van der Waals surface area contributed by atoms with E-state index in [0.29, 0.717) is 5.92 Å². The Morgan fingerprint density at radius 1 is 1.30 bits per heavy atom. The minimum Gasteiger partial charge on any atom is -0.496 e. The predicted octanol–water partition coefficient (Wildman–Crippen LogP) is 3.39. The number of para-hydroxylation sites is 1. The van der Waals surface area contributed by atoms with Gasteiger partial charge < -0.3 is 20.3 Å². The maximum absolute atomic E-state index is 5.42. The number of likely N-dealkylation sites (tertiary alicyclic amines) is 1. The summed E-state index contributed by atoms with van der Waals surface area (Å²) >= 11 is 0. The number of hydrogen-bond donors (Lipinski definition) is 2. The van der Waals surface area contributed by atoms with Crippen LogP contribution in [0.2, 0.25) is 0 Å². The zero-order valence-corrected chi connectivity index (χ0v) is 19.7. The lowest BCUT2D eigenvalue weighted by Gasteiger charge is -2.34. The van der Waals surface area contributed by atoms with Crippen molar-refractivity contribution < 1.29 is 4.74 Å². The first-order valence-electron chi connectivity index (χ1n) is 9.91.